The van der Waals surface area contributed by atoms with Gasteiger partial charge in [0.2, 0.25) is 5.91 Å². The minimum atomic E-state index is -0.683. The Morgan fingerprint density at radius 1 is 1.38 bits per heavy atom. The van der Waals surface area contributed by atoms with Crippen LogP contribution in [-0.4, -0.2) is 31.2 Å². The van der Waals surface area contributed by atoms with Crippen LogP contribution >= 0.6 is 0 Å². The average molecular weight is 226 g/mol. The first kappa shape index (κ1) is 11.9. The van der Waals surface area contributed by atoms with Gasteiger partial charge in [0.25, 0.3) is 0 Å². The number of amides is 1. The lowest BCUT2D eigenvalue weighted by Gasteiger charge is -2.32. The van der Waals surface area contributed by atoms with Gasteiger partial charge in [0.1, 0.15) is 0 Å². The molecule has 1 aliphatic carbocycles. The Morgan fingerprint density at radius 3 is 2.62 bits per heavy atom. The van der Waals surface area contributed by atoms with Gasteiger partial charge >= 0.3 is 0 Å². The molecule has 0 bridgehead atoms. The van der Waals surface area contributed by atoms with E-state index in [0.29, 0.717) is 26.1 Å². The summed E-state index contributed by atoms with van der Waals surface area (Å²) in [5, 5.41) is 2.97. The highest BCUT2D eigenvalue weighted by Crippen LogP contribution is 2.28. The van der Waals surface area contributed by atoms with Crippen LogP contribution in [0.25, 0.3) is 0 Å². The molecule has 16 heavy (non-hydrogen) atoms. The van der Waals surface area contributed by atoms with Crippen molar-refractivity contribution in [2.45, 2.75) is 44.1 Å². The van der Waals surface area contributed by atoms with Gasteiger partial charge in [-0.15, -0.1) is 0 Å². The summed E-state index contributed by atoms with van der Waals surface area (Å²) < 4.78 is 5.22. The molecule has 2 aliphatic rings. The molecule has 0 aromatic carbocycles. The summed E-state index contributed by atoms with van der Waals surface area (Å²) in [6, 6.07) is 0. The first-order valence-corrected chi connectivity index (χ1v) is 6.36. The van der Waals surface area contributed by atoms with Crippen LogP contribution in [-0.2, 0) is 9.53 Å². The van der Waals surface area contributed by atoms with Gasteiger partial charge in [-0.3, -0.25) is 4.79 Å². The molecule has 0 spiro atoms. The van der Waals surface area contributed by atoms with Crippen LogP contribution in [0.4, 0.5) is 0 Å². The third-order valence-electron chi connectivity index (χ3n) is 3.90. The molecule has 0 radical (unpaired) electrons. The SMILES string of the molecule is NC1(C(=O)NCCC2CCC2)CCOCC1. The van der Waals surface area contributed by atoms with Crippen molar-refractivity contribution in [1.82, 2.24) is 5.32 Å². The van der Waals surface area contributed by atoms with Gasteiger partial charge in [-0.1, -0.05) is 19.3 Å². The number of carbonyl (C=O) groups excluding carboxylic acids is 1. The largest absolute Gasteiger partial charge is 0.381 e. The molecule has 2 rings (SSSR count). The van der Waals surface area contributed by atoms with E-state index in [9.17, 15) is 4.79 Å². The van der Waals surface area contributed by atoms with Gasteiger partial charge in [0.15, 0.2) is 0 Å². The van der Waals surface area contributed by atoms with Gasteiger partial charge in [0, 0.05) is 19.8 Å². The number of hydrogen-bond donors (Lipinski definition) is 2. The fourth-order valence-electron chi connectivity index (χ4n) is 2.31. The number of carbonyl (C=O) groups is 1. The second-order valence-electron chi connectivity index (χ2n) is 5.11. The summed E-state index contributed by atoms with van der Waals surface area (Å²) in [6.07, 6.45) is 6.41. The molecule has 92 valence electrons. The maximum atomic E-state index is 11.9. The van der Waals surface area contributed by atoms with Crippen LogP contribution in [0.15, 0.2) is 0 Å². The fraction of sp³-hybridized carbons (Fsp3) is 0.917. The average Bonchev–Trinajstić information content (AvgIpc) is 2.22. The quantitative estimate of drug-likeness (QED) is 0.745. The van der Waals surface area contributed by atoms with Crippen LogP contribution < -0.4 is 11.1 Å². The molecule has 1 saturated heterocycles. The monoisotopic (exact) mass is 226 g/mol. The van der Waals surface area contributed by atoms with Crippen LogP contribution in [0, 0.1) is 5.92 Å². The van der Waals surface area contributed by atoms with E-state index in [1.807, 2.05) is 0 Å². The second-order valence-corrected chi connectivity index (χ2v) is 5.11. The van der Waals surface area contributed by atoms with E-state index < -0.39 is 5.54 Å². The van der Waals surface area contributed by atoms with Gasteiger partial charge in [-0.25, -0.2) is 0 Å². The molecule has 1 heterocycles. The molecular formula is C12H22N2O2. The molecule has 2 fully saturated rings. The standard InChI is InChI=1S/C12H22N2O2/c13-12(5-8-16-9-6-12)11(15)14-7-4-10-2-1-3-10/h10H,1-9,13H2,(H,14,15). The predicted molar refractivity (Wildman–Crippen MR) is 61.9 cm³/mol. The van der Waals surface area contributed by atoms with E-state index in [1.165, 1.54) is 19.3 Å². The van der Waals surface area contributed by atoms with Crippen molar-refractivity contribution in [2.75, 3.05) is 19.8 Å². The van der Waals surface area contributed by atoms with Gasteiger partial charge in [-0.05, 0) is 25.2 Å². The zero-order chi connectivity index (χ0) is 11.4. The zero-order valence-electron chi connectivity index (χ0n) is 9.84. The molecule has 3 N–H and O–H groups in total. The molecule has 4 nitrogen and oxygen atoms in total. The van der Waals surface area contributed by atoms with Crippen molar-refractivity contribution in [3.05, 3.63) is 0 Å². The van der Waals surface area contributed by atoms with Crippen LogP contribution in [0.2, 0.25) is 0 Å². The lowest BCUT2D eigenvalue weighted by atomic mass is 9.83. The van der Waals surface area contributed by atoms with Crippen molar-refractivity contribution in [3.63, 3.8) is 0 Å². The topological polar surface area (TPSA) is 64.4 Å². The number of hydrogen-bond acceptors (Lipinski definition) is 3. The van der Waals surface area contributed by atoms with Crippen molar-refractivity contribution in [1.29, 1.82) is 0 Å². The van der Waals surface area contributed by atoms with Crippen molar-refractivity contribution in [2.24, 2.45) is 11.7 Å². The van der Waals surface area contributed by atoms with Crippen molar-refractivity contribution >= 4 is 5.91 Å². The Balaban J connectivity index is 1.69. The first-order valence-electron chi connectivity index (χ1n) is 6.36. The highest BCUT2D eigenvalue weighted by atomic mass is 16.5. The Labute approximate surface area is 96.9 Å². The summed E-state index contributed by atoms with van der Waals surface area (Å²) in [5.41, 5.74) is 5.39. The molecule has 4 heteroatoms. The molecular weight excluding hydrogens is 204 g/mol. The lowest BCUT2D eigenvalue weighted by molar-refractivity contribution is -0.129. The maximum Gasteiger partial charge on any atom is 0.240 e. The number of nitrogens with two attached hydrogens (primary N) is 1. The summed E-state index contributed by atoms with van der Waals surface area (Å²) >= 11 is 0. The predicted octanol–water partition coefficient (Wildman–Crippen LogP) is 0.801. The highest BCUT2D eigenvalue weighted by Gasteiger charge is 2.35. The molecule has 1 saturated carbocycles. The molecule has 1 amide bonds. The molecule has 0 unspecified atom stereocenters. The van der Waals surface area contributed by atoms with E-state index in [4.69, 9.17) is 10.5 Å². The second kappa shape index (κ2) is 5.15. The van der Waals surface area contributed by atoms with E-state index in [2.05, 4.69) is 5.32 Å². The lowest BCUT2D eigenvalue weighted by Crippen LogP contribution is -2.57. The number of rotatable bonds is 4. The minimum Gasteiger partial charge on any atom is -0.381 e. The summed E-state index contributed by atoms with van der Waals surface area (Å²) in [5.74, 6) is 0.846. The van der Waals surface area contributed by atoms with Gasteiger partial charge in [0.05, 0.1) is 5.54 Å². The normalized spacial score (nSPS) is 24.8. The summed E-state index contributed by atoms with van der Waals surface area (Å²) in [7, 11) is 0. The minimum absolute atomic E-state index is 0.00937. The maximum absolute atomic E-state index is 11.9. The third-order valence-corrected chi connectivity index (χ3v) is 3.90. The Morgan fingerprint density at radius 2 is 2.06 bits per heavy atom. The van der Waals surface area contributed by atoms with Crippen molar-refractivity contribution < 1.29 is 9.53 Å². The van der Waals surface area contributed by atoms with Gasteiger partial charge < -0.3 is 15.8 Å². The van der Waals surface area contributed by atoms with Gasteiger partial charge in [-0.2, -0.15) is 0 Å². The smallest absolute Gasteiger partial charge is 0.240 e. The summed E-state index contributed by atoms with van der Waals surface area (Å²) in [6.45, 7) is 1.99. The number of ether oxygens (including phenoxy) is 1. The third kappa shape index (κ3) is 2.74. The van der Waals surface area contributed by atoms with E-state index >= 15 is 0 Å². The van der Waals surface area contributed by atoms with E-state index in [0.717, 1.165) is 18.9 Å². The Kier molecular flexibility index (Phi) is 3.82. The Hall–Kier alpha value is -0.610. The van der Waals surface area contributed by atoms with E-state index in [-0.39, 0.29) is 5.91 Å². The fourth-order valence-corrected chi connectivity index (χ4v) is 2.31. The molecule has 1 aliphatic heterocycles. The van der Waals surface area contributed by atoms with Crippen LogP contribution in [0.1, 0.15) is 38.5 Å². The first-order chi connectivity index (χ1) is 7.71. The molecule has 0 aromatic heterocycles. The molecule has 0 atom stereocenters. The van der Waals surface area contributed by atoms with Crippen molar-refractivity contribution in [3.8, 4) is 0 Å². The summed E-state index contributed by atoms with van der Waals surface area (Å²) in [4.78, 5) is 11.9. The molecule has 0 aromatic rings. The van der Waals surface area contributed by atoms with Crippen LogP contribution in [0.3, 0.4) is 0 Å². The van der Waals surface area contributed by atoms with Crippen LogP contribution in [0.5, 0.6) is 0 Å². The highest BCUT2D eigenvalue weighted by molar-refractivity contribution is 5.86. The zero-order valence-corrected chi connectivity index (χ0v) is 9.84. The Bertz CT molecular complexity index is 245. The number of nitrogens with one attached hydrogen (secondary N) is 1. The van der Waals surface area contributed by atoms with E-state index in [1.54, 1.807) is 0 Å².